The largest absolute Gasteiger partial charge is 0.488 e. The van der Waals surface area contributed by atoms with Crippen molar-refractivity contribution in [3.05, 3.63) is 78.5 Å². The monoisotopic (exact) mass is 473 g/mol. The third kappa shape index (κ3) is 5.11. The van der Waals surface area contributed by atoms with Crippen LogP contribution in [0.5, 0.6) is 5.75 Å². The fourth-order valence-corrected chi connectivity index (χ4v) is 4.14. The first-order valence-corrected chi connectivity index (χ1v) is 11.7. The molecule has 0 spiro atoms. The molecule has 8 heteroatoms. The Labute approximate surface area is 203 Å². The Kier molecular flexibility index (Phi) is 5.88. The molecule has 1 aliphatic heterocycles. The number of hydrogen-bond acceptors (Lipinski definition) is 5. The number of rotatable bonds is 6. The molecule has 2 aromatic carbocycles. The van der Waals surface area contributed by atoms with E-state index in [4.69, 9.17) is 4.74 Å². The molecule has 1 saturated heterocycles. The molecular weight excluding hydrogens is 445 g/mol. The van der Waals surface area contributed by atoms with Crippen molar-refractivity contribution in [2.24, 2.45) is 5.92 Å². The van der Waals surface area contributed by atoms with Gasteiger partial charge in [0.15, 0.2) is 5.82 Å². The number of anilines is 1. The zero-order chi connectivity index (χ0) is 24.6. The molecule has 1 N–H and O–H groups in total. The summed E-state index contributed by atoms with van der Waals surface area (Å²) in [5.41, 5.74) is 3.60. The first kappa shape index (κ1) is 22.8. The van der Waals surface area contributed by atoms with Crippen molar-refractivity contribution in [1.82, 2.24) is 19.9 Å². The number of fused-ring (bicyclic) bond motifs is 1. The van der Waals surface area contributed by atoms with Crippen molar-refractivity contribution in [2.45, 2.75) is 32.9 Å². The maximum Gasteiger partial charge on any atom is 0.226 e. The van der Waals surface area contributed by atoms with E-state index in [0.717, 1.165) is 33.8 Å². The van der Waals surface area contributed by atoms with E-state index in [-0.39, 0.29) is 23.2 Å². The number of hydrogen-bond donors (Lipinski definition) is 1. The Morgan fingerprint density at radius 3 is 2.49 bits per heavy atom. The molecule has 4 aromatic rings. The molecular formula is C27H28FN5O2. The number of ether oxygens (including phenoxy) is 1. The van der Waals surface area contributed by atoms with Gasteiger partial charge in [-0.05, 0) is 62.2 Å². The molecule has 1 fully saturated rings. The SMILES string of the molecule is CC(C)(C)Oc1ccc(-c2cc3c(N4CC(C(=O)NCc5ccc(F)cc5)C4)ncnn3c2)cc1. The van der Waals surface area contributed by atoms with Crippen LogP contribution in [0.25, 0.3) is 16.6 Å². The smallest absolute Gasteiger partial charge is 0.226 e. The molecule has 1 amide bonds. The third-order valence-corrected chi connectivity index (χ3v) is 5.93. The van der Waals surface area contributed by atoms with Crippen molar-refractivity contribution in [1.29, 1.82) is 0 Å². The van der Waals surface area contributed by atoms with E-state index < -0.39 is 0 Å². The fraction of sp³-hybridized carbons (Fsp3) is 0.296. The van der Waals surface area contributed by atoms with Gasteiger partial charge in [-0.1, -0.05) is 24.3 Å². The summed E-state index contributed by atoms with van der Waals surface area (Å²) in [5.74, 6) is 1.22. The summed E-state index contributed by atoms with van der Waals surface area (Å²) in [5, 5.41) is 7.30. The van der Waals surface area contributed by atoms with Gasteiger partial charge < -0.3 is 15.0 Å². The number of amides is 1. The summed E-state index contributed by atoms with van der Waals surface area (Å²) in [6, 6.07) is 16.2. The van der Waals surface area contributed by atoms with E-state index in [1.54, 1.807) is 12.1 Å². The first-order chi connectivity index (χ1) is 16.7. The van der Waals surface area contributed by atoms with Crippen LogP contribution in [0.3, 0.4) is 0 Å². The zero-order valence-electron chi connectivity index (χ0n) is 20.0. The van der Waals surface area contributed by atoms with Gasteiger partial charge in [0.1, 0.15) is 29.0 Å². The third-order valence-electron chi connectivity index (χ3n) is 5.93. The Bertz CT molecular complexity index is 1340. The molecule has 2 aromatic heterocycles. The van der Waals surface area contributed by atoms with Crippen LogP contribution in [0.15, 0.2) is 67.1 Å². The molecule has 0 aliphatic carbocycles. The van der Waals surface area contributed by atoms with Crippen molar-refractivity contribution >= 4 is 17.2 Å². The van der Waals surface area contributed by atoms with Gasteiger partial charge in [-0.25, -0.2) is 13.9 Å². The van der Waals surface area contributed by atoms with E-state index in [2.05, 4.69) is 26.4 Å². The van der Waals surface area contributed by atoms with Crippen LogP contribution in [0, 0.1) is 11.7 Å². The van der Waals surface area contributed by atoms with Crippen molar-refractivity contribution in [3.63, 3.8) is 0 Å². The van der Waals surface area contributed by atoms with Crippen LogP contribution in [-0.2, 0) is 11.3 Å². The number of benzene rings is 2. The molecule has 7 nitrogen and oxygen atoms in total. The van der Waals surface area contributed by atoms with Gasteiger partial charge in [0, 0.05) is 31.4 Å². The maximum absolute atomic E-state index is 13.1. The van der Waals surface area contributed by atoms with Gasteiger partial charge in [0.2, 0.25) is 5.91 Å². The molecule has 0 bridgehead atoms. The fourth-order valence-electron chi connectivity index (χ4n) is 4.14. The number of carbonyl (C=O) groups is 1. The van der Waals surface area contributed by atoms with Crippen LogP contribution in [-0.4, -0.2) is 39.2 Å². The highest BCUT2D eigenvalue weighted by Crippen LogP contribution is 2.31. The molecule has 0 saturated carbocycles. The predicted molar refractivity (Wildman–Crippen MR) is 133 cm³/mol. The number of nitrogens with zero attached hydrogens (tertiary/aromatic N) is 4. The van der Waals surface area contributed by atoms with Crippen LogP contribution >= 0.6 is 0 Å². The van der Waals surface area contributed by atoms with Gasteiger partial charge in [0.25, 0.3) is 0 Å². The highest BCUT2D eigenvalue weighted by molar-refractivity contribution is 5.84. The van der Waals surface area contributed by atoms with Gasteiger partial charge in [-0.15, -0.1) is 0 Å². The lowest BCUT2D eigenvalue weighted by Crippen LogP contribution is -2.54. The molecule has 3 heterocycles. The predicted octanol–water partition coefficient (Wildman–Crippen LogP) is 4.47. The molecule has 0 atom stereocenters. The van der Waals surface area contributed by atoms with Gasteiger partial charge in [-0.2, -0.15) is 5.10 Å². The Morgan fingerprint density at radius 2 is 1.80 bits per heavy atom. The van der Waals surface area contributed by atoms with E-state index in [9.17, 15) is 9.18 Å². The van der Waals surface area contributed by atoms with Gasteiger partial charge in [-0.3, -0.25) is 4.79 Å². The topological polar surface area (TPSA) is 71.8 Å². The van der Waals surface area contributed by atoms with E-state index in [1.807, 2.05) is 55.7 Å². The Morgan fingerprint density at radius 1 is 1.09 bits per heavy atom. The zero-order valence-corrected chi connectivity index (χ0v) is 20.0. The molecule has 180 valence electrons. The summed E-state index contributed by atoms with van der Waals surface area (Å²) in [7, 11) is 0. The van der Waals surface area contributed by atoms with Crippen molar-refractivity contribution in [3.8, 4) is 16.9 Å². The lowest BCUT2D eigenvalue weighted by molar-refractivity contribution is -0.125. The normalized spacial score (nSPS) is 14.1. The van der Waals surface area contributed by atoms with Crippen LogP contribution < -0.4 is 15.0 Å². The molecule has 1 aliphatic rings. The Balaban J connectivity index is 1.25. The lowest BCUT2D eigenvalue weighted by Gasteiger charge is -2.39. The van der Waals surface area contributed by atoms with E-state index in [0.29, 0.717) is 19.6 Å². The highest BCUT2D eigenvalue weighted by atomic mass is 19.1. The van der Waals surface area contributed by atoms with Crippen LogP contribution in [0.2, 0.25) is 0 Å². The maximum atomic E-state index is 13.1. The number of halogens is 1. The summed E-state index contributed by atoms with van der Waals surface area (Å²) in [6.07, 6.45) is 3.52. The van der Waals surface area contributed by atoms with Crippen LogP contribution in [0.1, 0.15) is 26.3 Å². The molecule has 0 radical (unpaired) electrons. The lowest BCUT2D eigenvalue weighted by atomic mass is 9.99. The summed E-state index contributed by atoms with van der Waals surface area (Å²) >= 11 is 0. The quantitative estimate of drug-likeness (QED) is 0.448. The molecule has 35 heavy (non-hydrogen) atoms. The van der Waals surface area contributed by atoms with Crippen LogP contribution in [0.4, 0.5) is 10.2 Å². The summed E-state index contributed by atoms with van der Waals surface area (Å²) < 4.78 is 20.8. The number of nitrogens with one attached hydrogen (secondary N) is 1. The average Bonchev–Trinajstić information content (AvgIpc) is 3.22. The minimum atomic E-state index is -0.286. The number of carbonyl (C=O) groups excluding carboxylic acids is 1. The average molecular weight is 474 g/mol. The van der Waals surface area contributed by atoms with Crippen molar-refractivity contribution < 1.29 is 13.9 Å². The number of aromatic nitrogens is 3. The minimum Gasteiger partial charge on any atom is -0.488 e. The second kappa shape index (κ2) is 9.02. The minimum absolute atomic E-state index is 0.00992. The van der Waals surface area contributed by atoms with Gasteiger partial charge >= 0.3 is 0 Å². The van der Waals surface area contributed by atoms with Crippen molar-refractivity contribution in [2.75, 3.05) is 18.0 Å². The molecule has 0 unspecified atom stereocenters. The standard InChI is InChI=1S/C27H28FN5O2/c1-27(2,3)35-23-10-6-19(7-11-23)20-12-24-25(30-17-31-33(24)16-20)32-14-21(15-32)26(34)29-13-18-4-8-22(28)9-5-18/h4-12,16-17,21H,13-15H2,1-3H3,(H,29,34). The van der Waals surface area contributed by atoms with E-state index >= 15 is 0 Å². The second-order valence-electron chi connectivity index (χ2n) is 9.83. The summed E-state index contributed by atoms with van der Waals surface area (Å²) in [4.78, 5) is 19.1. The Hall–Kier alpha value is -3.94. The van der Waals surface area contributed by atoms with Gasteiger partial charge in [0.05, 0.1) is 5.92 Å². The second-order valence-corrected chi connectivity index (χ2v) is 9.83. The first-order valence-electron chi connectivity index (χ1n) is 11.7. The van der Waals surface area contributed by atoms with E-state index in [1.165, 1.54) is 18.5 Å². The summed E-state index contributed by atoms with van der Waals surface area (Å²) in [6.45, 7) is 7.63. The molecule has 5 rings (SSSR count). The highest BCUT2D eigenvalue weighted by Gasteiger charge is 2.34.